The van der Waals surface area contributed by atoms with Crippen LogP contribution >= 0.6 is 22.9 Å². The number of fused-ring (bicyclic) bond motifs is 3. The minimum absolute atomic E-state index is 0.118. The SMILES string of the molecule is Cc1ccc(N(C)C(=O)c2cc3c(s2)-c2ccc(Cl)cc2S(=O)(=O)C3)cc1C. The van der Waals surface area contributed by atoms with Crippen LogP contribution in [0.4, 0.5) is 5.69 Å². The van der Waals surface area contributed by atoms with E-state index in [9.17, 15) is 13.2 Å². The monoisotopic (exact) mass is 431 g/mol. The van der Waals surface area contributed by atoms with Gasteiger partial charge >= 0.3 is 0 Å². The van der Waals surface area contributed by atoms with Gasteiger partial charge in [0.25, 0.3) is 5.91 Å². The number of rotatable bonds is 2. The van der Waals surface area contributed by atoms with Crippen molar-refractivity contribution >= 4 is 44.4 Å². The van der Waals surface area contributed by atoms with Crippen molar-refractivity contribution in [1.29, 1.82) is 0 Å². The fraction of sp³-hybridized carbons (Fsp3) is 0.190. The van der Waals surface area contributed by atoms with Crippen molar-refractivity contribution in [2.24, 2.45) is 0 Å². The maximum absolute atomic E-state index is 13.1. The highest BCUT2D eigenvalue weighted by Crippen LogP contribution is 2.44. The number of carbonyl (C=O) groups is 1. The number of nitrogens with zero attached hydrogens (tertiary/aromatic N) is 1. The summed E-state index contributed by atoms with van der Waals surface area (Å²) in [5.41, 5.74) is 4.36. The van der Waals surface area contributed by atoms with Gasteiger partial charge in [0.15, 0.2) is 9.84 Å². The van der Waals surface area contributed by atoms with E-state index in [0.717, 1.165) is 21.7 Å². The van der Waals surface area contributed by atoms with Crippen LogP contribution in [-0.4, -0.2) is 21.4 Å². The number of aryl methyl sites for hydroxylation is 2. The molecule has 4 rings (SSSR count). The average molecular weight is 432 g/mol. The van der Waals surface area contributed by atoms with E-state index >= 15 is 0 Å². The molecule has 0 bridgehead atoms. The summed E-state index contributed by atoms with van der Waals surface area (Å²) >= 11 is 7.32. The lowest BCUT2D eigenvalue weighted by atomic mass is 10.1. The third kappa shape index (κ3) is 3.15. The molecule has 0 radical (unpaired) electrons. The number of thiophene rings is 1. The second kappa shape index (κ2) is 6.72. The van der Waals surface area contributed by atoms with Crippen LogP contribution in [-0.2, 0) is 15.6 Å². The highest BCUT2D eigenvalue weighted by atomic mass is 35.5. The maximum Gasteiger partial charge on any atom is 0.268 e. The molecule has 1 aliphatic heterocycles. The largest absolute Gasteiger partial charge is 0.311 e. The quantitative estimate of drug-likeness (QED) is 0.556. The van der Waals surface area contributed by atoms with Gasteiger partial charge in [-0.2, -0.15) is 0 Å². The van der Waals surface area contributed by atoms with Gasteiger partial charge in [-0.3, -0.25) is 4.79 Å². The van der Waals surface area contributed by atoms with Gasteiger partial charge < -0.3 is 4.90 Å². The summed E-state index contributed by atoms with van der Waals surface area (Å²) in [6, 6.07) is 12.4. The molecule has 2 aromatic carbocycles. The first-order valence-electron chi connectivity index (χ1n) is 8.68. The van der Waals surface area contributed by atoms with E-state index in [1.165, 1.54) is 17.4 Å². The van der Waals surface area contributed by atoms with Gasteiger partial charge in [0.1, 0.15) is 0 Å². The second-order valence-corrected chi connectivity index (χ2v) is 10.4. The summed E-state index contributed by atoms with van der Waals surface area (Å²) in [5.74, 6) is -0.275. The zero-order chi connectivity index (χ0) is 20.2. The molecule has 0 spiro atoms. The van der Waals surface area contributed by atoms with Crippen molar-refractivity contribution in [3.8, 4) is 10.4 Å². The van der Waals surface area contributed by atoms with Crippen molar-refractivity contribution in [3.05, 3.63) is 69.1 Å². The van der Waals surface area contributed by atoms with Crippen LogP contribution in [0.5, 0.6) is 0 Å². The molecule has 3 aromatic rings. The van der Waals surface area contributed by atoms with Gasteiger partial charge in [-0.1, -0.05) is 23.7 Å². The number of anilines is 1. The van der Waals surface area contributed by atoms with Crippen LogP contribution in [0, 0.1) is 13.8 Å². The molecule has 7 heteroatoms. The summed E-state index contributed by atoms with van der Waals surface area (Å²) in [7, 11) is -1.74. The molecule has 0 saturated carbocycles. The Balaban J connectivity index is 1.75. The summed E-state index contributed by atoms with van der Waals surface area (Å²) in [6.07, 6.45) is 0. The van der Waals surface area contributed by atoms with E-state index in [0.29, 0.717) is 21.0 Å². The molecular weight excluding hydrogens is 414 g/mol. The molecule has 0 atom stereocenters. The van der Waals surface area contributed by atoms with Crippen molar-refractivity contribution in [2.75, 3.05) is 11.9 Å². The first-order valence-corrected chi connectivity index (χ1v) is 11.5. The maximum atomic E-state index is 13.1. The average Bonchev–Trinajstić information content (AvgIpc) is 3.06. The molecule has 1 amide bonds. The van der Waals surface area contributed by atoms with Crippen LogP contribution < -0.4 is 4.90 Å². The second-order valence-electron chi connectivity index (χ2n) is 7.00. The predicted molar refractivity (Wildman–Crippen MR) is 114 cm³/mol. The van der Waals surface area contributed by atoms with Crippen molar-refractivity contribution in [3.63, 3.8) is 0 Å². The van der Waals surface area contributed by atoms with Gasteiger partial charge in [-0.15, -0.1) is 11.3 Å². The molecule has 0 fully saturated rings. The zero-order valence-electron chi connectivity index (χ0n) is 15.6. The molecule has 0 unspecified atom stereocenters. The lowest BCUT2D eigenvalue weighted by Crippen LogP contribution is -2.25. The molecule has 144 valence electrons. The van der Waals surface area contributed by atoms with Crippen molar-refractivity contribution in [2.45, 2.75) is 24.5 Å². The number of hydrogen-bond acceptors (Lipinski definition) is 4. The number of carbonyl (C=O) groups excluding carboxylic acids is 1. The molecule has 28 heavy (non-hydrogen) atoms. The molecule has 4 nitrogen and oxygen atoms in total. The Morgan fingerprint density at radius 3 is 2.54 bits per heavy atom. The molecular formula is C21H18ClNO3S2. The van der Waals surface area contributed by atoms with Gasteiger partial charge in [0.2, 0.25) is 0 Å². The van der Waals surface area contributed by atoms with Crippen molar-refractivity contribution in [1.82, 2.24) is 0 Å². The molecule has 0 saturated heterocycles. The van der Waals surface area contributed by atoms with Crippen LogP contribution in [0.2, 0.25) is 5.02 Å². The molecule has 2 heterocycles. The minimum atomic E-state index is -3.48. The Hall–Kier alpha value is -2.15. The predicted octanol–water partition coefficient (Wildman–Crippen LogP) is 5.25. The van der Waals surface area contributed by atoms with Crippen LogP contribution in [0.15, 0.2) is 47.4 Å². The number of halogens is 1. The first-order chi connectivity index (χ1) is 13.2. The van der Waals surface area contributed by atoms with E-state index < -0.39 is 9.84 Å². The summed E-state index contributed by atoms with van der Waals surface area (Å²) in [6.45, 7) is 4.03. The molecule has 1 aliphatic rings. The minimum Gasteiger partial charge on any atom is -0.311 e. The number of benzene rings is 2. The first kappa shape index (κ1) is 19.2. The van der Waals surface area contributed by atoms with Crippen LogP contribution in [0.3, 0.4) is 0 Å². The van der Waals surface area contributed by atoms with E-state index in [-0.39, 0.29) is 16.6 Å². The van der Waals surface area contributed by atoms with Crippen LogP contribution in [0.25, 0.3) is 10.4 Å². The van der Waals surface area contributed by atoms with E-state index in [2.05, 4.69) is 0 Å². The van der Waals surface area contributed by atoms with Gasteiger partial charge in [-0.05, 0) is 60.9 Å². The Bertz CT molecular complexity index is 1230. The molecule has 1 aromatic heterocycles. The van der Waals surface area contributed by atoms with Gasteiger partial charge in [0.05, 0.1) is 15.5 Å². The number of amides is 1. The standard InChI is InChI=1S/C21H18ClNO3S2/c1-12-4-6-16(8-13(12)2)23(3)21(24)18-9-14-11-28(25,26)19-10-15(22)5-7-17(19)20(14)27-18/h4-10H,11H2,1-3H3. The van der Waals surface area contributed by atoms with Gasteiger partial charge in [-0.25, -0.2) is 8.42 Å². The smallest absolute Gasteiger partial charge is 0.268 e. The van der Waals surface area contributed by atoms with Gasteiger partial charge in [0, 0.05) is 28.2 Å². The lowest BCUT2D eigenvalue weighted by Gasteiger charge is -2.17. The van der Waals surface area contributed by atoms with Crippen molar-refractivity contribution < 1.29 is 13.2 Å². The molecule has 0 aliphatic carbocycles. The molecule has 0 N–H and O–H groups in total. The van der Waals surface area contributed by atoms with Crippen LogP contribution in [0.1, 0.15) is 26.4 Å². The van der Waals surface area contributed by atoms with E-state index in [1.54, 1.807) is 30.1 Å². The Kier molecular flexibility index (Phi) is 4.61. The summed E-state index contributed by atoms with van der Waals surface area (Å²) < 4.78 is 25.3. The third-order valence-corrected chi connectivity index (χ3v) is 8.20. The fourth-order valence-corrected chi connectivity index (χ4v) is 6.50. The normalized spacial score (nSPS) is 14.3. The third-order valence-electron chi connectivity index (χ3n) is 5.07. The fourth-order valence-electron chi connectivity index (χ4n) is 3.31. The highest BCUT2D eigenvalue weighted by Gasteiger charge is 2.31. The Labute approximate surface area is 173 Å². The van der Waals surface area contributed by atoms with E-state index in [1.807, 2.05) is 32.0 Å². The summed E-state index contributed by atoms with van der Waals surface area (Å²) in [5, 5.41) is 0.383. The summed E-state index contributed by atoms with van der Waals surface area (Å²) in [4.78, 5) is 16.2. The Morgan fingerprint density at radius 2 is 1.82 bits per heavy atom. The van der Waals surface area contributed by atoms with E-state index in [4.69, 9.17) is 11.6 Å². The zero-order valence-corrected chi connectivity index (χ0v) is 18.0. The lowest BCUT2D eigenvalue weighted by molar-refractivity contribution is 0.0997. The number of sulfone groups is 1. The Morgan fingerprint density at radius 1 is 1.07 bits per heavy atom. The number of hydrogen-bond donors (Lipinski definition) is 0. The topological polar surface area (TPSA) is 54.5 Å². The highest BCUT2D eigenvalue weighted by molar-refractivity contribution is 7.91.